The Morgan fingerprint density at radius 1 is 0.714 bits per heavy atom. The zero-order valence-corrected chi connectivity index (χ0v) is 17.3. The minimum absolute atomic E-state index is 0.220. The predicted molar refractivity (Wildman–Crippen MR) is 106 cm³/mol. The SMILES string of the molecule is CC(C)(C)c1ccccc1C(F)OC(=O)OC(F)c1ccccc1C(C)(C)C. The molecular formula is C23H28F2O3. The van der Waals surface area contributed by atoms with Crippen molar-refractivity contribution < 1.29 is 23.0 Å². The number of carbonyl (C=O) groups is 1. The monoisotopic (exact) mass is 390 g/mol. The third kappa shape index (κ3) is 5.31. The molecule has 0 aliphatic heterocycles. The molecule has 2 aromatic carbocycles. The molecule has 0 saturated heterocycles. The van der Waals surface area contributed by atoms with Crippen LogP contribution in [0.5, 0.6) is 0 Å². The lowest BCUT2D eigenvalue weighted by atomic mass is 9.84. The fraction of sp³-hybridized carbons (Fsp3) is 0.435. The normalized spacial score (nSPS) is 14.3. The Labute approximate surface area is 165 Å². The largest absolute Gasteiger partial charge is 0.513 e. The summed E-state index contributed by atoms with van der Waals surface area (Å²) in [6, 6.07) is 13.5. The van der Waals surface area contributed by atoms with Crippen LogP contribution in [0.1, 0.15) is 76.5 Å². The molecule has 0 aliphatic rings. The van der Waals surface area contributed by atoms with Gasteiger partial charge in [-0.1, -0.05) is 90.1 Å². The standard InChI is InChI=1S/C23H28F2O3/c1-22(2,3)17-13-9-7-11-15(17)19(24)27-21(26)28-20(25)16-12-8-10-14-18(16)23(4,5)6/h7-14,19-20H,1-6H3. The molecule has 5 heteroatoms. The second kappa shape index (κ2) is 8.29. The molecule has 28 heavy (non-hydrogen) atoms. The maximum Gasteiger partial charge on any atom is 0.513 e. The van der Waals surface area contributed by atoms with Crippen molar-refractivity contribution in [2.24, 2.45) is 0 Å². The van der Waals surface area contributed by atoms with Crippen LogP contribution < -0.4 is 0 Å². The van der Waals surface area contributed by atoms with Gasteiger partial charge in [0.1, 0.15) is 0 Å². The number of carbonyl (C=O) groups excluding carboxylic acids is 1. The number of alkyl halides is 2. The van der Waals surface area contributed by atoms with Gasteiger partial charge in [-0.2, -0.15) is 8.78 Å². The van der Waals surface area contributed by atoms with Gasteiger partial charge in [0.15, 0.2) is 0 Å². The highest BCUT2D eigenvalue weighted by Gasteiger charge is 2.28. The van der Waals surface area contributed by atoms with Gasteiger partial charge in [-0.3, -0.25) is 0 Å². The van der Waals surface area contributed by atoms with Gasteiger partial charge in [0, 0.05) is 11.1 Å². The van der Waals surface area contributed by atoms with Crippen molar-refractivity contribution in [3.8, 4) is 0 Å². The maximum atomic E-state index is 14.7. The summed E-state index contributed by atoms with van der Waals surface area (Å²) in [5.41, 5.74) is 1.15. The lowest BCUT2D eigenvalue weighted by molar-refractivity contribution is -0.0775. The first-order chi connectivity index (χ1) is 12.9. The second-order valence-corrected chi connectivity index (χ2v) is 8.79. The molecule has 152 valence electrons. The molecular weight excluding hydrogens is 362 g/mol. The number of rotatable bonds is 4. The van der Waals surface area contributed by atoms with E-state index in [4.69, 9.17) is 9.47 Å². The highest BCUT2D eigenvalue weighted by Crippen LogP contribution is 2.34. The lowest BCUT2D eigenvalue weighted by Crippen LogP contribution is -2.19. The van der Waals surface area contributed by atoms with Gasteiger partial charge in [-0.15, -0.1) is 0 Å². The zero-order chi connectivity index (χ0) is 21.1. The summed E-state index contributed by atoms with van der Waals surface area (Å²) in [5, 5.41) is 0. The molecule has 0 radical (unpaired) electrons. The van der Waals surface area contributed by atoms with Crippen LogP contribution in [0.4, 0.5) is 13.6 Å². The fourth-order valence-corrected chi connectivity index (χ4v) is 3.08. The first kappa shape index (κ1) is 21.9. The van der Waals surface area contributed by atoms with E-state index in [1.807, 2.05) is 41.5 Å². The topological polar surface area (TPSA) is 35.5 Å². The Hall–Kier alpha value is -2.43. The number of hydrogen-bond donors (Lipinski definition) is 0. The van der Waals surface area contributed by atoms with Crippen molar-refractivity contribution in [3.63, 3.8) is 0 Å². The summed E-state index contributed by atoms with van der Waals surface area (Å²) >= 11 is 0. The zero-order valence-electron chi connectivity index (χ0n) is 17.3. The van der Waals surface area contributed by atoms with E-state index in [-0.39, 0.29) is 22.0 Å². The van der Waals surface area contributed by atoms with Crippen LogP contribution in [0, 0.1) is 0 Å². The van der Waals surface area contributed by atoms with Crippen molar-refractivity contribution >= 4 is 6.16 Å². The number of benzene rings is 2. The van der Waals surface area contributed by atoms with E-state index in [2.05, 4.69) is 0 Å². The average molecular weight is 390 g/mol. The molecule has 0 saturated carbocycles. The molecule has 0 amide bonds. The second-order valence-electron chi connectivity index (χ2n) is 8.79. The van der Waals surface area contributed by atoms with E-state index in [1.54, 1.807) is 48.5 Å². The van der Waals surface area contributed by atoms with Gasteiger partial charge in [0.2, 0.25) is 0 Å². The molecule has 0 aliphatic carbocycles. The van der Waals surface area contributed by atoms with E-state index < -0.39 is 18.9 Å². The summed E-state index contributed by atoms with van der Waals surface area (Å²) < 4.78 is 38.7. The van der Waals surface area contributed by atoms with Crippen molar-refractivity contribution in [3.05, 3.63) is 70.8 Å². The quantitative estimate of drug-likeness (QED) is 0.524. The molecule has 0 bridgehead atoms. The minimum Gasteiger partial charge on any atom is -0.395 e. The van der Waals surface area contributed by atoms with Gasteiger partial charge in [-0.05, 0) is 22.0 Å². The van der Waals surface area contributed by atoms with Crippen LogP contribution in [0.15, 0.2) is 48.5 Å². The van der Waals surface area contributed by atoms with Crippen LogP contribution in [0.2, 0.25) is 0 Å². The molecule has 0 N–H and O–H groups in total. The third-order valence-electron chi connectivity index (χ3n) is 4.43. The molecule has 2 rings (SSSR count). The number of halogens is 2. The van der Waals surface area contributed by atoms with Crippen LogP contribution in [0.25, 0.3) is 0 Å². The Morgan fingerprint density at radius 3 is 1.36 bits per heavy atom. The van der Waals surface area contributed by atoms with Crippen LogP contribution in [-0.2, 0) is 20.3 Å². The van der Waals surface area contributed by atoms with Gasteiger partial charge in [-0.25, -0.2) is 4.79 Å². The molecule has 3 nitrogen and oxygen atoms in total. The Kier molecular flexibility index (Phi) is 6.48. The Balaban J connectivity index is 2.14. The molecule has 0 heterocycles. The van der Waals surface area contributed by atoms with E-state index in [9.17, 15) is 13.6 Å². The first-order valence-electron chi connectivity index (χ1n) is 9.25. The van der Waals surface area contributed by atoms with E-state index in [0.717, 1.165) is 0 Å². The summed E-state index contributed by atoms with van der Waals surface area (Å²) in [4.78, 5) is 12.0. The molecule has 2 atom stereocenters. The summed E-state index contributed by atoms with van der Waals surface area (Å²) in [7, 11) is 0. The van der Waals surface area contributed by atoms with Gasteiger partial charge in [0.25, 0.3) is 12.7 Å². The van der Waals surface area contributed by atoms with Crippen LogP contribution >= 0.6 is 0 Å². The van der Waals surface area contributed by atoms with Gasteiger partial charge < -0.3 is 9.47 Å². The van der Waals surface area contributed by atoms with Crippen molar-refractivity contribution in [1.82, 2.24) is 0 Å². The average Bonchev–Trinajstić information content (AvgIpc) is 2.60. The van der Waals surface area contributed by atoms with E-state index in [0.29, 0.717) is 11.1 Å². The highest BCUT2D eigenvalue weighted by atomic mass is 19.2. The first-order valence-corrected chi connectivity index (χ1v) is 9.25. The van der Waals surface area contributed by atoms with Crippen LogP contribution in [0.3, 0.4) is 0 Å². The van der Waals surface area contributed by atoms with E-state index >= 15 is 0 Å². The van der Waals surface area contributed by atoms with Crippen molar-refractivity contribution in [2.75, 3.05) is 0 Å². The summed E-state index contributed by atoms with van der Waals surface area (Å²) in [6.07, 6.45) is -5.49. The lowest BCUT2D eigenvalue weighted by Gasteiger charge is -2.25. The van der Waals surface area contributed by atoms with Gasteiger partial charge in [0.05, 0.1) is 0 Å². The summed E-state index contributed by atoms with van der Waals surface area (Å²) in [6.45, 7) is 11.6. The van der Waals surface area contributed by atoms with E-state index in [1.165, 1.54) is 0 Å². The number of hydrogen-bond acceptors (Lipinski definition) is 3. The highest BCUT2D eigenvalue weighted by molar-refractivity contribution is 5.61. The minimum atomic E-state index is -2.05. The van der Waals surface area contributed by atoms with Crippen molar-refractivity contribution in [2.45, 2.75) is 65.1 Å². The molecule has 0 spiro atoms. The predicted octanol–water partition coefficient (Wildman–Crippen LogP) is 7.07. The fourth-order valence-electron chi connectivity index (χ4n) is 3.08. The number of ether oxygens (including phenoxy) is 2. The van der Waals surface area contributed by atoms with Crippen LogP contribution in [-0.4, -0.2) is 6.16 Å². The molecule has 0 aromatic heterocycles. The maximum absolute atomic E-state index is 14.7. The van der Waals surface area contributed by atoms with Crippen molar-refractivity contribution in [1.29, 1.82) is 0 Å². The molecule has 2 aromatic rings. The van der Waals surface area contributed by atoms with Gasteiger partial charge >= 0.3 is 6.16 Å². The Bertz CT molecular complexity index is 752. The summed E-state index contributed by atoms with van der Waals surface area (Å²) in [5.74, 6) is 0. The Morgan fingerprint density at radius 2 is 1.04 bits per heavy atom. The molecule has 0 fully saturated rings. The third-order valence-corrected chi connectivity index (χ3v) is 4.43. The molecule has 2 unspecified atom stereocenters. The smallest absolute Gasteiger partial charge is 0.395 e.